The van der Waals surface area contributed by atoms with Crippen LogP contribution in [0.15, 0.2) is 42.6 Å². The summed E-state index contributed by atoms with van der Waals surface area (Å²) in [4.78, 5) is 4.22. The number of rotatable bonds is 4. The van der Waals surface area contributed by atoms with Crippen molar-refractivity contribution in [2.24, 2.45) is 0 Å². The predicted octanol–water partition coefficient (Wildman–Crippen LogP) is 3.93. The molecule has 0 unspecified atom stereocenters. The Morgan fingerprint density at radius 2 is 1.70 bits per heavy atom. The molecule has 0 radical (unpaired) electrons. The van der Waals surface area contributed by atoms with Gasteiger partial charge in [0.25, 0.3) is 0 Å². The number of aromatic nitrogens is 1. The van der Waals surface area contributed by atoms with E-state index in [-0.39, 0.29) is 0 Å². The van der Waals surface area contributed by atoms with E-state index in [0.717, 1.165) is 12.4 Å². The second-order valence-corrected chi connectivity index (χ2v) is 4.62. The molecular formula is C17H25N3. The molecule has 0 aliphatic heterocycles. The van der Waals surface area contributed by atoms with Crippen LogP contribution in [-0.2, 0) is 6.54 Å². The summed E-state index contributed by atoms with van der Waals surface area (Å²) in [7, 11) is 3.84. The number of hydrogen-bond acceptors (Lipinski definition) is 3. The predicted molar refractivity (Wildman–Crippen MR) is 87.9 cm³/mol. The molecule has 0 saturated heterocycles. The van der Waals surface area contributed by atoms with E-state index >= 15 is 0 Å². The lowest BCUT2D eigenvalue weighted by atomic mass is 10.0. The van der Waals surface area contributed by atoms with Crippen molar-refractivity contribution in [2.75, 3.05) is 19.4 Å². The summed E-state index contributed by atoms with van der Waals surface area (Å²) >= 11 is 0. The van der Waals surface area contributed by atoms with E-state index in [1.807, 2.05) is 26.4 Å². The molecule has 2 aromatic rings. The fourth-order valence-corrected chi connectivity index (χ4v) is 1.81. The van der Waals surface area contributed by atoms with Gasteiger partial charge in [-0.2, -0.15) is 0 Å². The topological polar surface area (TPSA) is 37.0 Å². The van der Waals surface area contributed by atoms with Gasteiger partial charge < -0.3 is 10.6 Å². The quantitative estimate of drug-likeness (QED) is 0.884. The van der Waals surface area contributed by atoms with Gasteiger partial charge in [-0.25, -0.2) is 4.98 Å². The minimum absolute atomic E-state index is 0.887. The van der Waals surface area contributed by atoms with Gasteiger partial charge in [0.1, 0.15) is 5.82 Å². The lowest BCUT2D eigenvalue weighted by molar-refractivity contribution is 0.818. The van der Waals surface area contributed by atoms with Gasteiger partial charge in [-0.3, -0.25) is 0 Å². The number of pyridine rings is 1. The van der Waals surface area contributed by atoms with Gasteiger partial charge in [0, 0.05) is 19.8 Å². The monoisotopic (exact) mass is 271 g/mol. The van der Waals surface area contributed by atoms with Gasteiger partial charge >= 0.3 is 0 Å². The molecular weight excluding hydrogens is 246 g/mol. The number of anilines is 1. The van der Waals surface area contributed by atoms with Gasteiger partial charge in [-0.05, 0) is 41.9 Å². The fourth-order valence-electron chi connectivity index (χ4n) is 1.81. The number of nitrogens with zero attached hydrogens (tertiary/aromatic N) is 1. The molecule has 0 bridgehead atoms. The zero-order chi connectivity index (χ0) is 14.8. The summed E-state index contributed by atoms with van der Waals surface area (Å²) in [5, 5.41) is 6.21. The normalized spacial score (nSPS) is 9.60. The minimum Gasteiger partial charge on any atom is -0.373 e. The maximum absolute atomic E-state index is 4.22. The first-order valence-electron chi connectivity index (χ1n) is 7.12. The van der Waals surface area contributed by atoms with Crippen LogP contribution in [0.1, 0.15) is 25.8 Å². The van der Waals surface area contributed by atoms with Crippen LogP contribution in [0.2, 0.25) is 0 Å². The number of benzene rings is 1. The molecule has 0 aliphatic rings. The van der Waals surface area contributed by atoms with Crippen LogP contribution in [0.5, 0.6) is 0 Å². The van der Waals surface area contributed by atoms with Crippen molar-refractivity contribution in [3.05, 3.63) is 48.2 Å². The SMILES string of the molecule is CCC.CNCc1cccc(-c2ccnc(NC)c2)c1. The van der Waals surface area contributed by atoms with Crippen molar-refractivity contribution in [2.45, 2.75) is 26.8 Å². The Kier molecular flexibility index (Phi) is 7.36. The molecule has 0 spiro atoms. The Labute approximate surface area is 122 Å². The molecule has 1 aromatic carbocycles. The molecule has 20 heavy (non-hydrogen) atoms. The van der Waals surface area contributed by atoms with Crippen LogP contribution in [0.4, 0.5) is 5.82 Å². The van der Waals surface area contributed by atoms with E-state index in [4.69, 9.17) is 0 Å². The van der Waals surface area contributed by atoms with Crippen LogP contribution >= 0.6 is 0 Å². The first-order chi connectivity index (χ1) is 9.74. The van der Waals surface area contributed by atoms with Gasteiger partial charge in [-0.1, -0.05) is 38.5 Å². The smallest absolute Gasteiger partial charge is 0.126 e. The fraction of sp³-hybridized carbons (Fsp3) is 0.353. The lowest BCUT2D eigenvalue weighted by Crippen LogP contribution is -2.04. The molecule has 1 aromatic heterocycles. The van der Waals surface area contributed by atoms with Crippen molar-refractivity contribution in [1.82, 2.24) is 10.3 Å². The van der Waals surface area contributed by atoms with E-state index in [1.165, 1.54) is 23.1 Å². The van der Waals surface area contributed by atoms with E-state index in [0.29, 0.717) is 0 Å². The molecule has 0 atom stereocenters. The molecule has 3 heteroatoms. The van der Waals surface area contributed by atoms with Crippen molar-refractivity contribution < 1.29 is 0 Å². The summed E-state index contributed by atoms with van der Waals surface area (Å²) in [6.45, 7) is 5.14. The van der Waals surface area contributed by atoms with Crippen LogP contribution in [0, 0.1) is 0 Å². The summed E-state index contributed by atoms with van der Waals surface area (Å²) < 4.78 is 0. The molecule has 0 aliphatic carbocycles. The number of nitrogens with one attached hydrogen (secondary N) is 2. The van der Waals surface area contributed by atoms with Crippen molar-refractivity contribution >= 4 is 5.82 Å². The Balaban J connectivity index is 0.000000612. The third kappa shape index (κ3) is 5.02. The van der Waals surface area contributed by atoms with Crippen molar-refractivity contribution in [1.29, 1.82) is 0 Å². The summed E-state index contributed by atoms with van der Waals surface area (Å²) in [5.41, 5.74) is 3.69. The van der Waals surface area contributed by atoms with Crippen molar-refractivity contribution in [3.63, 3.8) is 0 Å². The van der Waals surface area contributed by atoms with Gasteiger partial charge in [0.05, 0.1) is 0 Å². The summed E-state index contributed by atoms with van der Waals surface area (Å²) in [6.07, 6.45) is 3.08. The Hall–Kier alpha value is -1.87. The molecule has 1 heterocycles. The highest BCUT2D eigenvalue weighted by Gasteiger charge is 2.00. The zero-order valence-corrected chi connectivity index (χ0v) is 12.9. The molecule has 2 rings (SSSR count). The van der Waals surface area contributed by atoms with Gasteiger partial charge in [-0.15, -0.1) is 0 Å². The first-order valence-corrected chi connectivity index (χ1v) is 7.12. The van der Waals surface area contributed by atoms with Crippen LogP contribution < -0.4 is 10.6 Å². The molecule has 0 fully saturated rings. The van der Waals surface area contributed by atoms with Crippen LogP contribution in [0.25, 0.3) is 11.1 Å². The van der Waals surface area contributed by atoms with E-state index in [2.05, 4.69) is 59.8 Å². The maximum Gasteiger partial charge on any atom is 0.126 e. The van der Waals surface area contributed by atoms with Crippen LogP contribution in [-0.4, -0.2) is 19.1 Å². The molecule has 108 valence electrons. The highest BCUT2D eigenvalue weighted by molar-refractivity contribution is 5.66. The largest absolute Gasteiger partial charge is 0.373 e. The highest BCUT2D eigenvalue weighted by Crippen LogP contribution is 2.22. The average Bonchev–Trinajstić information content (AvgIpc) is 2.49. The van der Waals surface area contributed by atoms with E-state index in [1.54, 1.807) is 0 Å². The molecule has 2 N–H and O–H groups in total. The molecule has 0 saturated carbocycles. The standard InChI is InChI=1S/C14H17N3.C3H8/c1-15-10-11-4-3-5-12(8-11)13-6-7-17-14(9-13)16-2;1-3-2/h3-9,15H,10H2,1-2H3,(H,16,17);3H2,1-2H3. The Bertz CT molecular complexity index is 509. The minimum atomic E-state index is 0.887. The Morgan fingerprint density at radius 3 is 2.35 bits per heavy atom. The Morgan fingerprint density at radius 1 is 1.00 bits per heavy atom. The van der Waals surface area contributed by atoms with E-state index in [9.17, 15) is 0 Å². The van der Waals surface area contributed by atoms with Gasteiger partial charge in [0.2, 0.25) is 0 Å². The highest BCUT2D eigenvalue weighted by atomic mass is 14.9. The van der Waals surface area contributed by atoms with Crippen molar-refractivity contribution in [3.8, 4) is 11.1 Å². The summed E-state index contributed by atoms with van der Waals surface area (Å²) in [5.74, 6) is 0.890. The zero-order valence-electron chi connectivity index (χ0n) is 12.9. The third-order valence-corrected chi connectivity index (χ3v) is 2.66. The second kappa shape index (κ2) is 9.10. The average molecular weight is 271 g/mol. The first kappa shape index (κ1) is 16.2. The molecule has 0 amide bonds. The van der Waals surface area contributed by atoms with Gasteiger partial charge in [0.15, 0.2) is 0 Å². The van der Waals surface area contributed by atoms with E-state index < -0.39 is 0 Å². The number of hydrogen-bond donors (Lipinski definition) is 2. The maximum atomic E-state index is 4.22. The summed E-state index contributed by atoms with van der Waals surface area (Å²) in [6, 6.07) is 12.6. The second-order valence-electron chi connectivity index (χ2n) is 4.62. The third-order valence-electron chi connectivity index (χ3n) is 2.66. The van der Waals surface area contributed by atoms with Crippen LogP contribution in [0.3, 0.4) is 0 Å². The lowest BCUT2D eigenvalue weighted by Gasteiger charge is -2.06. The molecule has 3 nitrogen and oxygen atoms in total.